The second-order valence-electron chi connectivity index (χ2n) is 5.11. The summed E-state index contributed by atoms with van der Waals surface area (Å²) in [4.78, 5) is 0. The van der Waals surface area contributed by atoms with Crippen LogP contribution in [0.4, 0.5) is 0 Å². The summed E-state index contributed by atoms with van der Waals surface area (Å²) in [5.74, 6) is 0. The molecule has 106 valence electrons. The molecule has 2 N–H and O–H groups in total. The molecule has 0 aliphatic rings. The van der Waals surface area contributed by atoms with Crippen LogP contribution in [0, 0.1) is 0 Å². The quantitative estimate of drug-likeness (QED) is 0.808. The fourth-order valence-corrected chi connectivity index (χ4v) is 2.44. The van der Waals surface area contributed by atoms with Gasteiger partial charge >= 0.3 is 0 Å². The summed E-state index contributed by atoms with van der Waals surface area (Å²) in [5.41, 5.74) is 2.47. The van der Waals surface area contributed by atoms with Gasteiger partial charge in [-0.1, -0.05) is 67.6 Å². The Morgan fingerprint density at radius 1 is 0.950 bits per heavy atom. The van der Waals surface area contributed by atoms with Crippen molar-refractivity contribution in [3.8, 4) is 0 Å². The molecule has 0 amide bonds. The number of rotatable bonds is 7. The van der Waals surface area contributed by atoms with Gasteiger partial charge in [0.05, 0.1) is 12.6 Å². The zero-order chi connectivity index (χ0) is 14.2. The average molecular weight is 269 g/mol. The van der Waals surface area contributed by atoms with Gasteiger partial charge in [0.15, 0.2) is 0 Å². The van der Waals surface area contributed by atoms with Gasteiger partial charge in [-0.05, 0) is 24.0 Å². The molecule has 1 unspecified atom stereocenters. The van der Waals surface area contributed by atoms with Gasteiger partial charge in [0.25, 0.3) is 0 Å². The summed E-state index contributed by atoms with van der Waals surface area (Å²) >= 11 is 0. The van der Waals surface area contributed by atoms with Crippen LogP contribution >= 0.6 is 0 Å². The van der Waals surface area contributed by atoms with E-state index in [0.717, 1.165) is 18.4 Å². The fourth-order valence-electron chi connectivity index (χ4n) is 2.44. The average Bonchev–Trinajstić information content (AvgIpc) is 2.53. The van der Waals surface area contributed by atoms with Gasteiger partial charge < -0.3 is 10.4 Å². The molecule has 2 atom stereocenters. The third kappa shape index (κ3) is 4.19. The molecule has 2 aromatic rings. The number of hydrogen-bond acceptors (Lipinski definition) is 2. The van der Waals surface area contributed by atoms with E-state index in [9.17, 15) is 5.11 Å². The lowest BCUT2D eigenvalue weighted by molar-refractivity contribution is 0.231. The van der Waals surface area contributed by atoms with E-state index in [2.05, 4.69) is 48.6 Å². The summed E-state index contributed by atoms with van der Waals surface area (Å²) < 4.78 is 0. The van der Waals surface area contributed by atoms with E-state index >= 15 is 0 Å². The molecule has 2 aromatic carbocycles. The van der Waals surface area contributed by atoms with Crippen LogP contribution in [0.3, 0.4) is 0 Å². The lowest BCUT2D eigenvalue weighted by Crippen LogP contribution is -2.35. The zero-order valence-electron chi connectivity index (χ0n) is 12.0. The second kappa shape index (κ2) is 7.83. The minimum absolute atomic E-state index is 0.00450. The fraction of sp³-hybridized carbons (Fsp3) is 0.333. The monoisotopic (exact) mass is 269 g/mol. The summed E-state index contributed by atoms with van der Waals surface area (Å²) in [7, 11) is 0. The molecular weight excluding hydrogens is 246 g/mol. The van der Waals surface area contributed by atoms with Crippen molar-refractivity contribution in [1.29, 1.82) is 0 Å². The van der Waals surface area contributed by atoms with Crippen LogP contribution in [-0.4, -0.2) is 17.8 Å². The highest BCUT2D eigenvalue weighted by atomic mass is 16.3. The third-order valence-electron chi connectivity index (χ3n) is 3.64. The van der Waals surface area contributed by atoms with Gasteiger partial charge in [-0.3, -0.25) is 0 Å². The molecule has 0 heterocycles. The van der Waals surface area contributed by atoms with Crippen molar-refractivity contribution in [3.05, 3.63) is 71.8 Å². The van der Waals surface area contributed by atoms with Crippen LogP contribution in [0.1, 0.15) is 30.5 Å². The van der Waals surface area contributed by atoms with Crippen LogP contribution in [0.2, 0.25) is 0 Å². The molecule has 0 spiro atoms. The molecule has 2 rings (SSSR count). The molecule has 0 aliphatic carbocycles. The van der Waals surface area contributed by atoms with Crippen LogP contribution < -0.4 is 5.32 Å². The van der Waals surface area contributed by atoms with Crippen molar-refractivity contribution in [2.24, 2.45) is 0 Å². The second-order valence-corrected chi connectivity index (χ2v) is 5.11. The first kappa shape index (κ1) is 14.8. The Hall–Kier alpha value is -1.64. The Kier molecular flexibility index (Phi) is 5.78. The van der Waals surface area contributed by atoms with Crippen molar-refractivity contribution in [3.63, 3.8) is 0 Å². The van der Waals surface area contributed by atoms with Gasteiger partial charge in [0, 0.05) is 6.04 Å². The Morgan fingerprint density at radius 2 is 1.55 bits per heavy atom. The summed E-state index contributed by atoms with van der Waals surface area (Å²) in [5, 5.41) is 13.2. The van der Waals surface area contributed by atoms with Gasteiger partial charge in [0.1, 0.15) is 0 Å². The molecule has 2 nitrogen and oxygen atoms in total. The molecule has 0 fully saturated rings. The van der Waals surface area contributed by atoms with Crippen LogP contribution in [-0.2, 0) is 6.42 Å². The third-order valence-corrected chi connectivity index (χ3v) is 3.64. The molecule has 2 heteroatoms. The predicted octanol–water partition coefficient (Wildman–Crippen LogP) is 3.33. The van der Waals surface area contributed by atoms with E-state index in [1.54, 1.807) is 0 Å². The lowest BCUT2D eigenvalue weighted by Gasteiger charge is -2.24. The van der Waals surface area contributed by atoms with E-state index in [4.69, 9.17) is 0 Å². The van der Waals surface area contributed by atoms with Gasteiger partial charge in [-0.15, -0.1) is 0 Å². The molecule has 20 heavy (non-hydrogen) atoms. The Morgan fingerprint density at radius 3 is 2.10 bits per heavy atom. The van der Waals surface area contributed by atoms with Gasteiger partial charge in [-0.2, -0.15) is 0 Å². The molecule has 0 aromatic heterocycles. The van der Waals surface area contributed by atoms with Crippen molar-refractivity contribution >= 4 is 0 Å². The van der Waals surface area contributed by atoms with E-state index in [-0.39, 0.29) is 12.6 Å². The first-order valence-corrected chi connectivity index (χ1v) is 7.29. The standard InChI is InChI=1S/C18H23NO/c1-2-17(13-15-9-5-3-6-10-15)19-18(14-20)16-11-7-4-8-12-16/h3-12,17-20H,2,13-14H2,1H3/t17?,18-/m0/s1. The van der Waals surface area contributed by atoms with Crippen LogP contribution in [0.25, 0.3) is 0 Å². The maximum atomic E-state index is 9.63. The Bertz CT molecular complexity index is 483. The summed E-state index contributed by atoms with van der Waals surface area (Å²) in [6.45, 7) is 2.30. The van der Waals surface area contributed by atoms with E-state index < -0.39 is 0 Å². The van der Waals surface area contributed by atoms with Gasteiger partial charge in [-0.25, -0.2) is 0 Å². The lowest BCUT2D eigenvalue weighted by atomic mass is 10.0. The molecular formula is C18H23NO. The first-order valence-electron chi connectivity index (χ1n) is 7.29. The predicted molar refractivity (Wildman–Crippen MR) is 83.6 cm³/mol. The van der Waals surface area contributed by atoms with Gasteiger partial charge in [0.2, 0.25) is 0 Å². The van der Waals surface area contributed by atoms with Crippen molar-refractivity contribution in [1.82, 2.24) is 5.32 Å². The van der Waals surface area contributed by atoms with E-state index in [1.807, 2.05) is 24.3 Å². The van der Waals surface area contributed by atoms with Crippen molar-refractivity contribution in [2.45, 2.75) is 31.8 Å². The van der Waals surface area contributed by atoms with Crippen molar-refractivity contribution in [2.75, 3.05) is 6.61 Å². The highest BCUT2D eigenvalue weighted by molar-refractivity contribution is 5.20. The minimum Gasteiger partial charge on any atom is -0.394 e. The highest BCUT2D eigenvalue weighted by Gasteiger charge is 2.15. The molecule has 0 saturated carbocycles. The van der Waals surface area contributed by atoms with E-state index in [1.165, 1.54) is 5.56 Å². The van der Waals surface area contributed by atoms with Crippen molar-refractivity contribution < 1.29 is 5.11 Å². The highest BCUT2D eigenvalue weighted by Crippen LogP contribution is 2.15. The maximum Gasteiger partial charge on any atom is 0.0626 e. The number of benzene rings is 2. The molecule has 0 aliphatic heterocycles. The minimum atomic E-state index is 0.00450. The maximum absolute atomic E-state index is 9.63. The van der Waals surface area contributed by atoms with Crippen LogP contribution in [0.15, 0.2) is 60.7 Å². The first-order chi connectivity index (χ1) is 9.83. The normalized spacial score (nSPS) is 13.9. The molecule has 0 radical (unpaired) electrons. The topological polar surface area (TPSA) is 32.3 Å². The number of aliphatic hydroxyl groups is 1. The number of aliphatic hydroxyl groups excluding tert-OH is 1. The van der Waals surface area contributed by atoms with Crippen LogP contribution in [0.5, 0.6) is 0 Å². The summed E-state index contributed by atoms with van der Waals surface area (Å²) in [6, 6.07) is 21.0. The Labute approximate surface area is 121 Å². The largest absolute Gasteiger partial charge is 0.394 e. The SMILES string of the molecule is CCC(Cc1ccccc1)N[C@@H](CO)c1ccccc1. The molecule has 0 saturated heterocycles. The smallest absolute Gasteiger partial charge is 0.0626 e. The number of nitrogens with one attached hydrogen (secondary N) is 1. The van der Waals surface area contributed by atoms with E-state index in [0.29, 0.717) is 6.04 Å². The molecule has 0 bridgehead atoms. The number of hydrogen-bond donors (Lipinski definition) is 2. The zero-order valence-corrected chi connectivity index (χ0v) is 12.0. The summed E-state index contributed by atoms with van der Waals surface area (Å²) in [6.07, 6.45) is 2.03. The Balaban J connectivity index is 2.01.